The van der Waals surface area contributed by atoms with E-state index in [0.29, 0.717) is 5.71 Å². The number of nitrogens with zero attached hydrogens (tertiary/aromatic N) is 3. The van der Waals surface area contributed by atoms with Crippen LogP contribution in [0.25, 0.3) is 44.6 Å². The number of hydrogen-bond acceptors (Lipinski definition) is 4. The van der Waals surface area contributed by atoms with Gasteiger partial charge in [0, 0.05) is 43.6 Å². The molecule has 0 saturated heterocycles. The Kier molecular flexibility index (Phi) is 9.94. The van der Waals surface area contributed by atoms with Crippen molar-refractivity contribution in [3.05, 3.63) is 108 Å². The normalized spacial score (nSPS) is 13.8. The van der Waals surface area contributed by atoms with Crippen LogP contribution >= 0.6 is 0 Å². The van der Waals surface area contributed by atoms with Gasteiger partial charge in [-0.1, -0.05) is 68.1 Å². The summed E-state index contributed by atoms with van der Waals surface area (Å²) in [5.74, 6) is 0.737. The number of hydrogen-bond donors (Lipinski definition) is 0. The van der Waals surface area contributed by atoms with E-state index < -0.39 is 8.07 Å². The second-order valence-corrected chi connectivity index (χ2v) is 17.8. The van der Waals surface area contributed by atoms with E-state index in [2.05, 4.69) is 84.3 Å². The summed E-state index contributed by atoms with van der Waals surface area (Å²) in [5, 5.41) is 3.63. The largest absolute Gasteiger partial charge is 0.486 e. The van der Waals surface area contributed by atoms with Crippen molar-refractivity contribution in [1.82, 2.24) is 15.0 Å². The molecule has 227 valence electrons. The van der Waals surface area contributed by atoms with Gasteiger partial charge in [-0.15, -0.1) is 59.7 Å². The van der Waals surface area contributed by atoms with E-state index in [-0.39, 0.29) is 20.1 Å². The summed E-state index contributed by atoms with van der Waals surface area (Å²) in [7, 11) is -1.36. The van der Waals surface area contributed by atoms with Gasteiger partial charge in [0.2, 0.25) is 5.71 Å². The first-order chi connectivity index (χ1) is 20.8. The zero-order chi connectivity index (χ0) is 30.0. The van der Waals surface area contributed by atoms with E-state index in [4.69, 9.17) is 9.40 Å². The van der Waals surface area contributed by atoms with Crippen LogP contribution in [0.4, 0.5) is 0 Å². The molecule has 1 fully saturated rings. The third-order valence-corrected chi connectivity index (χ3v) is 10.4. The van der Waals surface area contributed by atoms with Crippen LogP contribution in [0, 0.1) is 26.0 Å². The molecule has 0 N–H and O–H groups in total. The van der Waals surface area contributed by atoms with Crippen molar-refractivity contribution in [2.75, 3.05) is 0 Å². The van der Waals surface area contributed by atoms with Crippen molar-refractivity contribution in [2.24, 2.45) is 0 Å². The maximum Gasteiger partial charge on any atom is 0.216 e. The second kappa shape index (κ2) is 13.7. The minimum atomic E-state index is -1.36. The predicted octanol–water partition coefficient (Wildman–Crippen LogP) is 9.60. The molecule has 6 aromatic rings. The topological polar surface area (TPSA) is 51.8 Å². The van der Waals surface area contributed by atoms with Crippen molar-refractivity contribution in [2.45, 2.75) is 71.5 Å². The quantitative estimate of drug-likeness (QED) is 0.132. The third-order valence-electron chi connectivity index (χ3n) is 8.37. The molecular formula is C38H39IrN3OSi-2. The molecule has 44 heavy (non-hydrogen) atoms. The zero-order valence-corrected chi connectivity index (χ0v) is 29.6. The fourth-order valence-electron chi connectivity index (χ4n) is 6.02. The molecule has 1 saturated carbocycles. The van der Waals surface area contributed by atoms with Crippen molar-refractivity contribution in [3.63, 3.8) is 0 Å². The molecule has 2 aromatic carbocycles. The van der Waals surface area contributed by atoms with Gasteiger partial charge in [-0.25, -0.2) is 4.98 Å². The van der Waals surface area contributed by atoms with Gasteiger partial charge in [0.05, 0.1) is 13.7 Å². The molecule has 4 heterocycles. The van der Waals surface area contributed by atoms with E-state index in [1.54, 1.807) is 10.8 Å². The SMILES string of the molecule is C[Si](C)(C)c1cnc(-c2[c-]cccc2)cc1C1CCCCC1.Cc1ccc(-c2[c-]cc3oc4nc(C)ccc4c3c2)nc1.[Ir]. The molecule has 4 aromatic heterocycles. The monoisotopic (exact) mass is 774 g/mol. The average molecular weight is 774 g/mol. The number of furan rings is 1. The van der Waals surface area contributed by atoms with Gasteiger partial charge in [-0.05, 0) is 66.9 Å². The van der Waals surface area contributed by atoms with Gasteiger partial charge in [0.25, 0.3) is 0 Å². The Hall–Kier alpha value is -3.44. The van der Waals surface area contributed by atoms with E-state index in [9.17, 15) is 0 Å². The van der Waals surface area contributed by atoms with Crippen molar-refractivity contribution < 1.29 is 24.5 Å². The number of rotatable bonds is 4. The molecule has 0 amide bonds. The van der Waals surface area contributed by atoms with Crippen molar-refractivity contribution >= 4 is 35.3 Å². The second-order valence-electron chi connectivity index (χ2n) is 12.8. The third kappa shape index (κ3) is 7.09. The summed E-state index contributed by atoms with van der Waals surface area (Å²) in [6.07, 6.45) is 10.9. The van der Waals surface area contributed by atoms with Crippen molar-refractivity contribution in [1.29, 1.82) is 0 Å². The predicted molar refractivity (Wildman–Crippen MR) is 180 cm³/mol. The first kappa shape index (κ1) is 32.0. The van der Waals surface area contributed by atoms with Gasteiger partial charge >= 0.3 is 0 Å². The van der Waals surface area contributed by atoms with Gasteiger partial charge in [0.15, 0.2) is 0 Å². The van der Waals surface area contributed by atoms with Crippen LogP contribution in [0.2, 0.25) is 19.6 Å². The molecule has 6 heteroatoms. The van der Waals surface area contributed by atoms with Crippen LogP contribution in [0.1, 0.15) is 54.8 Å². The molecule has 0 aliphatic heterocycles. The number of aryl methyl sites for hydroxylation is 2. The molecule has 7 rings (SSSR count). The van der Waals surface area contributed by atoms with E-state index >= 15 is 0 Å². The molecule has 1 aliphatic carbocycles. The summed E-state index contributed by atoms with van der Waals surface area (Å²) in [4.78, 5) is 13.7. The van der Waals surface area contributed by atoms with Gasteiger partial charge in [0.1, 0.15) is 0 Å². The van der Waals surface area contributed by atoms with Crippen LogP contribution < -0.4 is 5.19 Å². The molecule has 1 radical (unpaired) electrons. The number of aromatic nitrogens is 3. The Morgan fingerprint density at radius 2 is 1.59 bits per heavy atom. The molecule has 0 unspecified atom stereocenters. The number of pyridine rings is 3. The van der Waals surface area contributed by atoms with Gasteiger partial charge in [-0.3, -0.25) is 0 Å². The minimum absolute atomic E-state index is 0. The Morgan fingerprint density at radius 1 is 0.795 bits per heavy atom. The fourth-order valence-corrected chi connectivity index (χ4v) is 7.61. The summed E-state index contributed by atoms with van der Waals surface area (Å²) in [6, 6.07) is 29.1. The van der Waals surface area contributed by atoms with Gasteiger partial charge < -0.3 is 14.4 Å². The smallest absolute Gasteiger partial charge is 0.216 e. The Labute approximate surface area is 275 Å². The molecule has 0 bridgehead atoms. The summed E-state index contributed by atoms with van der Waals surface area (Å²) in [5.41, 5.74) is 9.24. The standard InChI is InChI=1S/C20H26NSi.C18H13N2O.Ir/c1-22(2,3)20-15-21-19(17-12-8-5-9-13-17)14-18(20)16-10-6-4-7-11-16;1-11-3-7-16(19-10-11)13-5-8-17-15(9-13)14-6-4-12(2)20-18(14)21-17;/h5,8-9,12,14-16H,4,6-7,10-11H2,1-3H3;3-4,6-10H,1-2H3;/q2*-1;. The fraction of sp³-hybridized carbons (Fsp3) is 0.289. The van der Waals surface area contributed by atoms with E-state index in [1.165, 1.54) is 32.1 Å². The Bertz CT molecular complexity index is 1850. The summed E-state index contributed by atoms with van der Waals surface area (Å²) < 4.78 is 5.78. The van der Waals surface area contributed by atoms with Crippen LogP contribution in [0.3, 0.4) is 0 Å². The van der Waals surface area contributed by atoms with Crippen LogP contribution in [-0.2, 0) is 20.1 Å². The molecule has 1 aliphatic rings. The van der Waals surface area contributed by atoms with Crippen LogP contribution in [0.5, 0.6) is 0 Å². The van der Waals surface area contributed by atoms with Crippen LogP contribution in [0.15, 0.2) is 83.5 Å². The van der Waals surface area contributed by atoms with Gasteiger partial charge in [-0.2, -0.15) is 0 Å². The minimum Gasteiger partial charge on any atom is -0.486 e. The maximum atomic E-state index is 5.78. The zero-order valence-electron chi connectivity index (χ0n) is 26.2. The van der Waals surface area contributed by atoms with E-state index in [0.717, 1.165) is 56.0 Å². The van der Waals surface area contributed by atoms with Crippen LogP contribution in [-0.4, -0.2) is 23.0 Å². The molecule has 0 atom stereocenters. The number of benzene rings is 2. The summed E-state index contributed by atoms with van der Waals surface area (Å²) >= 11 is 0. The maximum absolute atomic E-state index is 5.78. The Morgan fingerprint density at radius 3 is 2.30 bits per heavy atom. The first-order valence-corrected chi connectivity index (χ1v) is 18.9. The Balaban J connectivity index is 0.000000171. The summed E-state index contributed by atoms with van der Waals surface area (Å²) in [6.45, 7) is 11.3. The molecular weight excluding hydrogens is 735 g/mol. The van der Waals surface area contributed by atoms with Crippen molar-refractivity contribution in [3.8, 4) is 22.5 Å². The molecule has 0 spiro atoms. The van der Waals surface area contributed by atoms with E-state index in [1.807, 2.05) is 50.4 Å². The number of fused-ring (bicyclic) bond motifs is 3. The average Bonchev–Trinajstić information content (AvgIpc) is 3.38. The molecule has 4 nitrogen and oxygen atoms in total. The first-order valence-electron chi connectivity index (χ1n) is 15.4.